The maximum Gasteiger partial charge on any atom is 0.332 e. The van der Waals surface area contributed by atoms with Crippen molar-refractivity contribution in [2.75, 3.05) is 14.1 Å². The van der Waals surface area contributed by atoms with Crippen LogP contribution in [0.1, 0.15) is 12.8 Å². The minimum Gasteiger partial charge on any atom is -0.478 e. The Morgan fingerprint density at radius 2 is 1.06 bits per heavy atom. The first kappa shape index (κ1) is 15.6. The van der Waals surface area contributed by atoms with Crippen LogP contribution < -0.4 is 10.6 Å². The number of hydrogen-bond acceptors (Lipinski definition) is 4. The molecule has 0 spiro atoms. The van der Waals surface area contributed by atoms with Crippen molar-refractivity contribution in [2.45, 2.75) is 12.8 Å². The van der Waals surface area contributed by atoms with E-state index in [9.17, 15) is 19.2 Å². The number of carboxylic acid groups (broad SMARTS) is 2. The average molecular weight is 258 g/mol. The van der Waals surface area contributed by atoms with Crippen molar-refractivity contribution in [1.82, 2.24) is 10.6 Å². The first-order valence-corrected chi connectivity index (χ1v) is 4.93. The second-order valence-corrected chi connectivity index (χ2v) is 3.27. The highest BCUT2D eigenvalue weighted by Crippen LogP contribution is 2.14. The Morgan fingerprint density at radius 3 is 1.22 bits per heavy atom. The topological polar surface area (TPSA) is 133 Å². The maximum absolute atomic E-state index is 11.1. The molecule has 18 heavy (non-hydrogen) atoms. The summed E-state index contributed by atoms with van der Waals surface area (Å²) in [4.78, 5) is 44.1. The van der Waals surface area contributed by atoms with E-state index in [1.54, 1.807) is 0 Å². The van der Waals surface area contributed by atoms with Crippen molar-refractivity contribution < 1.29 is 29.4 Å². The van der Waals surface area contributed by atoms with Crippen LogP contribution >= 0.6 is 0 Å². The SMILES string of the molecule is CNC(=O)C/C(C(=O)O)=C(/CC(=O)NC)C(=O)O. The van der Waals surface area contributed by atoms with Gasteiger partial charge in [0.05, 0.1) is 24.0 Å². The van der Waals surface area contributed by atoms with Crippen molar-refractivity contribution in [1.29, 1.82) is 0 Å². The lowest BCUT2D eigenvalue weighted by atomic mass is 10.0. The molecule has 100 valence electrons. The highest BCUT2D eigenvalue weighted by Gasteiger charge is 2.24. The molecule has 0 saturated carbocycles. The van der Waals surface area contributed by atoms with E-state index in [4.69, 9.17) is 10.2 Å². The van der Waals surface area contributed by atoms with E-state index in [1.807, 2.05) is 0 Å². The minimum absolute atomic E-state index is 0.606. The van der Waals surface area contributed by atoms with Gasteiger partial charge in [-0.05, 0) is 0 Å². The molecule has 0 atom stereocenters. The molecule has 0 aliphatic rings. The van der Waals surface area contributed by atoms with Gasteiger partial charge < -0.3 is 20.8 Å². The molecular weight excluding hydrogens is 244 g/mol. The van der Waals surface area contributed by atoms with Gasteiger partial charge in [-0.1, -0.05) is 0 Å². The Hall–Kier alpha value is -2.38. The lowest BCUT2D eigenvalue weighted by molar-refractivity contribution is -0.137. The van der Waals surface area contributed by atoms with Crippen molar-refractivity contribution in [3.05, 3.63) is 11.1 Å². The van der Waals surface area contributed by atoms with Crippen LogP contribution in [0.2, 0.25) is 0 Å². The molecule has 0 unspecified atom stereocenters. The monoisotopic (exact) mass is 258 g/mol. The minimum atomic E-state index is -1.54. The number of amides is 2. The Kier molecular flexibility index (Phi) is 6.11. The highest BCUT2D eigenvalue weighted by atomic mass is 16.4. The standard InChI is InChI=1S/C10H14N2O6/c1-11-7(13)3-5(9(15)16)6(10(17)18)4-8(14)12-2/h3-4H2,1-2H3,(H,11,13)(H,12,14)(H,15,16)(H,17,18)/b6-5+. The summed E-state index contributed by atoms with van der Waals surface area (Å²) >= 11 is 0. The molecule has 0 aliphatic heterocycles. The lowest BCUT2D eigenvalue weighted by Gasteiger charge is -2.07. The van der Waals surface area contributed by atoms with E-state index in [1.165, 1.54) is 14.1 Å². The number of rotatable bonds is 6. The summed E-state index contributed by atoms with van der Waals surface area (Å²) in [6.45, 7) is 0. The second-order valence-electron chi connectivity index (χ2n) is 3.27. The van der Waals surface area contributed by atoms with Crippen LogP contribution in [0, 0.1) is 0 Å². The third kappa shape index (κ3) is 4.64. The zero-order valence-corrected chi connectivity index (χ0v) is 9.94. The van der Waals surface area contributed by atoms with Gasteiger partial charge >= 0.3 is 11.9 Å². The normalized spacial score (nSPS) is 11.2. The molecule has 0 aliphatic carbocycles. The number of carbonyl (C=O) groups is 4. The number of aliphatic carboxylic acids is 2. The largest absolute Gasteiger partial charge is 0.478 e. The molecule has 8 heteroatoms. The van der Waals surface area contributed by atoms with Crippen molar-refractivity contribution in [3.63, 3.8) is 0 Å². The van der Waals surface area contributed by atoms with Gasteiger partial charge in [0.25, 0.3) is 0 Å². The summed E-state index contributed by atoms with van der Waals surface area (Å²) in [7, 11) is 2.59. The van der Waals surface area contributed by atoms with Gasteiger partial charge in [-0.25, -0.2) is 9.59 Å². The predicted octanol–water partition coefficient (Wildman–Crippen LogP) is -1.28. The molecule has 2 amide bonds. The van der Waals surface area contributed by atoms with E-state index in [0.717, 1.165) is 0 Å². The summed E-state index contributed by atoms with van der Waals surface area (Å²) < 4.78 is 0. The van der Waals surface area contributed by atoms with Crippen LogP contribution in [0.15, 0.2) is 11.1 Å². The first-order chi connectivity index (χ1) is 8.33. The molecule has 0 fully saturated rings. The van der Waals surface area contributed by atoms with Gasteiger partial charge in [0.2, 0.25) is 11.8 Å². The summed E-state index contributed by atoms with van der Waals surface area (Å²) in [6, 6.07) is 0. The van der Waals surface area contributed by atoms with Gasteiger partial charge in [0, 0.05) is 14.1 Å². The molecule has 8 nitrogen and oxygen atoms in total. The quantitative estimate of drug-likeness (QED) is 0.439. The van der Waals surface area contributed by atoms with Crippen LogP contribution in [0.5, 0.6) is 0 Å². The van der Waals surface area contributed by atoms with E-state index in [2.05, 4.69) is 10.6 Å². The summed E-state index contributed by atoms with van der Waals surface area (Å²) in [5.74, 6) is -4.38. The molecule has 0 bridgehead atoms. The maximum atomic E-state index is 11.1. The predicted molar refractivity (Wildman–Crippen MR) is 59.7 cm³/mol. The number of nitrogens with one attached hydrogen (secondary N) is 2. The van der Waals surface area contributed by atoms with Crippen molar-refractivity contribution in [3.8, 4) is 0 Å². The van der Waals surface area contributed by atoms with Crippen molar-refractivity contribution >= 4 is 23.8 Å². The highest BCUT2D eigenvalue weighted by molar-refractivity contribution is 6.04. The summed E-state index contributed by atoms with van der Waals surface area (Å²) in [5, 5.41) is 22.1. The smallest absolute Gasteiger partial charge is 0.332 e. The Morgan fingerprint density at radius 1 is 0.778 bits per heavy atom. The zero-order chi connectivity index (χ0) is 14.3. The molecule has 0 rings (SSSR count). The molecule has 0 heterocycles. The third-order valence-corrected chi connectivity index (χ3v) is 2.11. The molecular formula is C10H14N2O6. The zero-order valence-electron chi connectivity index (χ0n) is 9.94. The van der Waals surface area contributed by atoms with Gasteiger partial charge in [-0.15, -0.1) is 0 Å². The van der Waals surface area contributed by atoms with E-state index < -0.39 is 47.7 Å². The fraction of sp³-hybridized carbons (Fsp3) is 0.400. The fourth-order valence-corrected chi connectivity index (χ4v) is 1.12. The van der Waals surface area contributed by atoms with Crippen LogP contribution in [0.4, 0.5) is 0 Å². The number of carboxylic acids is 2. The second kappa shape index (κ2) is 7.05. The van der Waals surface area contributed by atoms with Crippen LogP contribution in [0.25, 0.3) is 0 Å². The molecule has 0 radical (unpaired) electrons. The van der Waals surface area contributed by atoms with Crippen LogP contribution in [-0.4, -0.2) is 48.1 Å². The summed E-state index contributed by atoms with van der Waals surface area (Å²) in [6.07, 6.45) is -1.21. The van der Waals surface area contributed by atoms with Crippen LogP contribution in [0.3, 0.4) is 0 Å². The molecule has 0 aromatic rings. The lowest BCUT2D eigenvalue weighted by Crippen LogP contribution is -2.25. The summed E-state index contributed by atoms with van der Waals surface area (Å²) in [5.41, 5.74) is -1.21. The Balaban J connectivity index is 5.43. The van der Waals surface area contributed by atoms with E-state index in [-0.39, 0.29) is 0 Å². The van der Waals surface area contributed by atoms with Crippen LogP contribution in [-0.2, 0) is 19.2 Å². The fourth-order valence-electron chi connectivity index (χ4n) is 1.12. The Labute approximate surface area is 103 Å². The number of carbonyl (C=O) groups excluding carboxylic acids is 2. The van der Waals surface area contributed by atoms with Gasteiger partial charge in [-0.2, -0.15) is 0 Å². The molecule has 0 saturated heterocycles. The van der Waals surface area contributed by atoms with Gasteiger partial charge in [0.15, 0.2) is 0 Å². The first-order valence-electron chi connectivity index (χ1n) is 4.93. The molecule has 4 N–H and O–H groups in total. The van der Waals surface area contributed by atoms with Gasteiger partial charge in [-0.3, -0.25) is 9.59 Å². The van der Waals surface area contributed by atoms with E-state index in [0.29, 0.717) is 0 Å². The molecule has 0 aromatic heterocycles. The third-order valence-electron chi connectivity index (χ3n) is 2.11. The number of hydrogen-bond donors (Lipinski definition) is 4. The van der Waals surface area contributed by atoms with Gasteiger partial charge in [0.1, 0.15) is 0 Å². The van der Waals surface area contributed by atoms with Crippen molar-refractivity contribution in [2.24, 2.45) is 0 Å². The molecule has 0 aromatic carbocycles. The van der Waals surface area contributed by atoms with E-state index >= 15 is 0 Å². The average Bonchev–Trinajstić information content (AvgIpc) is 2.31. The Bertz CT molecular complexity index is 375.